The number of nitrogens with one attached hydrogen (secondary N) is 1. The van der Waals surface area contributed by atoms with E-state index in [1.807, 2.05) is 6.20 Å². The van der Waals surface area contributed by atoms with Crippen LogP contribution in [-0.2, 0) is 18.3 Å². The van der Waals surface area contributed by atoms with Gasteiger partial charge in [-0.05, 0) is 109 Å². The first-order chi connectivity index (χ1) is 20.6. The number of rotatable bonds is 5. The Hall–Kier alpha value is -4.88. The smallest absolute Gasteiger partial charge is 0.0159 e. The lowest BCUT2D eigenvalue weighted by atomic mass is 9.79. The summed E-state index contributed by atoms with van der Waals surface area (Å²) in [4.78, 5) is 3.36. The number of fused-ring (bicyclic) bond motifs is 5. The third-order valence-corrected chi connectivity index (χ3v) is 9.35. The highest BCUT2D eigenvalue weighted by Gasteiger charge is 2.36. The maximum Gasteiger partial charge on any atom is 0.0159 e. The topological polar surface area (TPSA) is 15.8 Å². The summed E-state index contributed by atoms with van der Waals surface area (Å²) in [5.74, 6) is 0. The highest BCUT2D eigenvalue weighted by atomic mass is 14.7. The fraction of sp³-hybridized carbons (Fsp3) is 0.122. The summed E-state index contributed by atoms with van der Waals surface area (Å²) in [6.45, 7) is 4.80. The van der Waals surface area contributed by atoms with Crippen molar-refractivity contribution in [2.45, 2.75) is 32.1 Å². The second-order valence-corrected chi connectivity index (χ2v) is 12.2. The van der Waals surface area contributed by atoms with E-state index >= 15 is 0 Å². The van der Waals surface area contributed by atoms with Crippen molar-refractivity contribution >= 4 is 21.5 Å². The molecule has 0 atom stereocenters. The first-order valence-electron chi connectivity index (χ1n) is 15.0. The van der Waals surface area contributed by atoms with E-state index in [2.05, 4.69) is 146 Å². The van der Waals surface area contributed by atoms with Crippen LogP contribution in [0.2, 0.25) is 0 Å². The van der Waals surface area contributed by atoms with Crippen LogP contribution >= 0.6 is 0 Å². The highest BCUT2D eigenvalue weighted by molar-refractivity contribution is 6.22. The van der Waals surface area contributed by atoms with E-state index in [4.69, 9.17) is 0 Å². The monoisotopic (exact) mass is 539 g/mol. The third kappa shape index (κ3) is 3.84. The Kier molecular flexibility index (Phi) is 5.69. The Bertz CT molecular complexity index is 2080. The van der Waals surface area contributed by atoms with Crippen LogP contribution in [0.1, 0.15) is 36.2 Å². The minimum atomic E-state index is -0.0895. The zero-order valence-corrected chi connectivity index (χ0v) is 24.1. The molecule has 0 fully saturated rings. The molecule has 0 bridgehead atoms. The summed E-state index contributed by atoms with van der Waals surface area (Å²) in [6, 6.07) is 47.3. The van der Waals surface area contributed by atoms with E-state index in [9.17, 15) is 0 Å². The molecule has 1 aliphatic carbocycles. The van der Waals surface area contributed by atoms with Crippen LogP contribution in [0.15, 0.2) is 134 Å². The van der Waals surface area contributed by atoms with E-state index in [-0.39, 0.29) is 5.41 Å². The zero-order chi connectivity index (χ0) is 28.3. The van der Waals surface area contributed by atoms with E-state index < -0.39 is 0 Å². The van der Waals surface area contributed by atoms with Gasteiger partial charge in [-0.2, -0.15) is 0 Å². The van der Waals surface area contributed by atoms with E-state index in [1.54, 1.807) is 0 Å². The number of H-pyrrole nitrogens is 1. The Morgan fingerprint density at radius 1 is 0.500 bits per heavy atom. The number of benzene rings is 6. The highest BCUT2D eigenvalue weighted by Crippen LogP contribution is 2.53. The molecule has 6 aromatic carbocycles. The molecule has 0 spiro atoms. The van der Waals surface area contributed by atoms with Gasteiger partial charge in [0.15, 0.2) is 0 Å². The van der Waals surface area contributed by atoms with Gasteiger partial charge in [-0.25, -0.2) is 0 Å². The van der Waals surface area contributed by atoms with Gasteiger partial charge in [-0.3, -0.25) is 0 Å². The van der Waals surface area contributed by atoms with Crippen LogP contribution in [0.3, 0.4) is 0 Å². The quantitative estimate of drug-likeness (QED) is 0.209. The summed E-state index contributed by atoms with van der Waals surface area (Å²) < 4.78 is 0. The third-order valence-electron chi connectivity index (χ3n) is 9.35. The van der Waals surface area contributed by atoms with Gasteiger partial charge in [0.2, 0.25) is 0 Å². The molecule has 1 nitrogen and oxygen atoms in total. The molecule has 0 saturated carbocycles. The molecular weight excluding hydrogens is 506 g/mol. The molecule has 1 heteroatoms. The van der Waals surface area contributed by atoms with Crippen molar-refractivity contribution in [1.82, 2.24) is 4.98 Å². The minimum Gasteiger partial charge on any atom is -0.365 e. The first kappa shape index (κ1) is 24.9. The molecule has 1 N–H and O–H groups in total. The van der Waals surface area contributed by atoms with E-state index in [0.29, 0.717) is 0 Å². The second-order valence-electron chi connectivity index (χ2n) is 12.2. The summed E-state index contributed by atoms with van der Waals surface area (Å²) in [5.41, 5.74) is 13.3. The molecule has 42 heavy (non-hydrogen) atoms. The number of hydrogen-bond acceptors (Lipinski definition) is 0. The Labute approximate surface area is 247 Å². The van der Waals surface area contributed by atoms with Crippen LogP contribution in [0.4, 0.5) is 0 Å². The average Bonchev–Trinajstić information content (AvgIpc) is 3.63. The van der Waals surface area contributed by atoms with Gasteiger partial charge in [0.1, 0.15) is 0 Å². The van der Waals surface area contributed by atoms with Crippen molar-refractivity contribution in [2.75, 3.05) is 0 Å². The van der Waals surface area contributed by atoms with Crippen LogP contribution in [0.5, 0.6) is 0 Å². The minimum absolute atomic E-state index is 0.0895. The van der Waals surface area contributed by atoms with Gasteiger partial charge < -0.3 is 4.98 Å². The number of aryl methyl sites for hydroxylation is 2. The van der Waals surface area contributed by atoms with Gasteiger partial charge in [-0.15, -0.1) is 0 Å². The molecule has 1 heterocycles. The molecule has 202 valence electrons. The molecule has 0 amide bonds. The molecule has 0 radical (unpaired) electrons. The van der Waals surface area contributed by atoms with Crippen molar-refractivity contribution in [3.63, 3.8) is 0 Å². The molecule has 1 aromatic heterocycles. The maximum atomic E-state index is 3.36. The molecule has 8 rings (SSSR count). The Morgan fingerprint density at radius 3 is 1.71 bits per heavy atom. The second kappa shape index (κ2) is 9.60. The zero-order valence-electron chi connectivity index (χ0n) is 24.1. The van der Waals surface area contributed by atoms with Crippen LogP contribution in [-0.4, -0.2) is 4.98 Å². The van der Waals surface area contributed by atoms with Crippen LogP contribution in [0, 0.1) is 0 Å². The lowest BCUT2D eigenvalue weighted by Crippen LogP contribution is -2.15. The summed E-state index contributed by atoms with van der Waals surface area (Å²) in [7, 11) is 0. The summed E-state index contributed by atoms with van der Waals surface area (Å²) in [5, 5.41) is 5.24. The predicted molar refractivity (Wildman–Crippen MR) is 178 cm³/mol. The summed E-state index contributed by atoms with van der Waals surface area (Å²) in [6.07, 6.45) is 4.07. The standard InChI is InChI=1S/C41H33N/c1-41(2)37-24-27(19-21-30-16-11-23-42-30)20-22-31(37)34-25-35-36(26-38(34)41)40(29-14-7-4-8-15-29)33-18-10-9-17-32(33)39(35)28-12-5-3-6-13-28/h3-18,20,22-26,42H,19,21H2,1-2H3. The largest absolute Gasteiger partial charge is 0.365 e. The van der Waals surface area contributed by atoms with Crippen molar-refractivity contribution in [3.05, 3.63) is 156 Å². The normalized spacial score (nSPS) is 13.4. The number of aromatic nitrogens is 1. The first-order valence-corrected chi connectivity index (χ1v) is 15.0. The van der Waals surface area contributed by atoms with Crippen molar-refractivity contribution in [1.29, 1.82) is 0 Å². The molecular formula is C41H33N. The molecule has 0 unspecified atom stereocenters. The lowest BCUT2D eigenvalue weighted by Gasteiger charge is -2.24. The van der Waals surface area contributed by atoms with Crippen molar-refractivity contribution in [3.8, 4) is 33.4 Å². The molecule has 0 saturated heterocycles. The van der Waals surface area contributed by atoms with Gasteiger partial charge in [0.05, 0.1) is 0 Å². The lowest BCUT2D eigenvalue weighted by molar-refractivity contribution is 0.659. The summed E-state index contributed by atoms with van der Waals surface area (Å²) >= 11 is 0. The molecule has 1 aliphatic rings. The van der Waals surface area contributed by atoms with E-state index in [0.717, 1.165) is 12.8 Å². The predicted octanol–water partition coefficient (Wildman–Crippen LogP) is 10.7. The fourth-order valence-corrected chi connectivity index (χ4v) is 7.24. The van der Waals surface area contributed by atoms with Gasteiger partial charge in [-0.1, -0.05) is 117 Å². The molecule has 7 aromatic rings. The SMILES string of the molecule is CC1(C)c2cc(CCc3ccc[nH]3)ccc2-c2cc3c(-c4ccccc4)c4ccccc4c(-c4ccccc4)c3cc21. The fourth-order valence-electron chi connectivity index (χ4n) is 7.24. The van der Waals surface area contributed by atoms with E-state index in [1.165, 1.54) is 77.3 Å². The number of aromatic amines is 1. The number of hydrogen-bond donors (Lipinski definition) is 1. The van der Waals surface area contributed by atoms with Crippen molar-refractivity contribution in [2.24, 2.45) is 0 Å². The van der Waals surface area contributed by atoms with Crippen LogP contribution in [0.25, 0.3) is 54.9 Å². The Balaban J connectivity index is 1.41. The average molecular weight is 540 g/mol. The Morgan fingerprint density at radius 2 is 1.10 bits per heavy atom. The maximum absolute atomic E-state index is 3.36. The van der Waals surface area contributed by atoms with Gasteiger partial charge in [0.25, 0.3) is 0 Å². The van der Waals surface area contributed by atoms with Crippen molar-refractivity contribution < 1.29 is 0 Å². The van der Waals surface area contributed by atoms with Gasteiger partial charge in [0, 0.05) is 17.3 Å². The van der Waals surface area contributed by atoms with Gasteiger partial charge >= 0.3 is 0 Å². The van der Waals surface area contributed by atoms with Crippen LogP contribution < -0.4 is 0 Å². The molecule has 0 aliphatic heterocycles.